The fraction of sp³-hybridized carbons (Fsp3) is 0.304. The van der Waals surface area contributed by atoms with Gasteiger partial charge in [0, 0.05) is 17.7 Å². The smallest absolute Gasteiger partial charge is 0.225 e. The normalized spacial score (nSPS) is 14.5. The van der Waals surface area contributed by atoms with Gasteiger partial charge in [-0.2, -0.15) is 4.98 Å². The van der Waals surface area contributed by atoms with Gasteiger partial charge in [0.05, 0.1) is 18.5 Å². The highest BCUT2D eigenvalue weighted by Crippen LogP contribution is 2.29. The first-order valence-electron chi connectivity index (χ1n) is 9.93. The second kappa shape index (κ2) is 8.74. The van der Waals surface area contributed by atoms with Crippen LogP contribution >= 0.6 is 0 Å². The Balaban J connectivity index is 1.67. The van der Waals surface area contributed by atoms with Crippen LogP contribution in [-0.2, 0) is 0 Å². The third kappa shape index (κ3) is 4.42. The number of hydrogen-bond acceptors (Lipinski definition) is 5. The van der Waals surface area contributed by atoms with Crippen LogP contribution in [0.3, 0.4) is 0 Å². The van der Waals surface area contributed by atoms with Crippen LogP contribution in [0.2, 0.25) is 0 Å². The van der Waals surface area contributed by atoms with E-state index in [0.717, 1.165) is 28.5 Å². The summed E-state index contributed by atoms with van der Waals surface area (Å²) in [6.45, 7) is 0. The first-order chi connectivity index (χ1) is 13.8. The van der Waals surface area contributed by atoms with E-state index in [9.17, 15) is 0 Å². The second-order valence-corrected chi connectivity index (χ2v) is 7.13. The lowest BCUT2D eigenvalue weighted by molar-refractivity contribution is 0.417. The number of para-hydroxylation sites is 2. The molecule has 1 aliphatic rings. The molecule has 0 saturated heterocycles. The van der Waals surface area contributed by atoms with Crippen molar-refractivity contribution < 1.29 is 4.74 Å². The Morgan fingerprint density at radius 3 is 2.43 bits per heavy atom. The summed E-state index contributed by atoms with van der Waals surface area (Å²) in [4.78, 5) is 9.52. The monoisotopic (exact) mass is 374 g/mol. The van der Waals surface area contributed by atoms with Crippen LogP contribution < -0.4 is 15.4 Å². The lowest BCUT2D eigenvalue weighted by atomic mass is 9.96. The summed E-state index contributed by atoms with van der Waals surface area (Å²) in [7, 11) is 1.67. The molecule has 2 aromatic carbocycles. The van der Waals surface area contributed by atoms with Crippen LogP contribution in [0.5, 0.6) is 5.75 Å². The average Bonchev–Trinajstić information content (AvgIpc) is 2.75. The molecule has 28 heavy (non-hydrogen) atoms. The highest BCUT2D eigenvalue weighted by Gasteiger charge is 2.16. The first kappa shape index (κ1) is 18.3. The minimum absolute atomic E-state index is 0.443. The molecule has 5 nitrogen and oxygen atoms in total. The summed E-state index contributed by atoms with van der Waals surface area (Å²) in [5.41, 5.74) is 2.84. The van der Waals surface area contributed by atoms with Crippen LogP contribution in [0.1, 0.15) is 32.1 Å². The summed E-state index contributed by atoms with van der Waals surface area (Å²) in [6, 6.07) is 20.5. The van der Waals surface area contributed by atoms with Crippen molar-refractivity contribution in [3.8, 4) is 17.0 Å². The third-order valence-electron chi connectivity index (χ3n) is 5.10. The van der Waals surface area contributed by atoms with Gasteiger partial charge < -0.3 is 15.4 Å². The van der Waals surface area contributed by atoms with Gasteiger partial charge in [-0.3, -0.25) is 0 Å². The number of hydrogen-bond donors (Lipinski definition) is 2. The van der Waals surface area contributed by atoms with Gasteiger partial charge in [-0.25, -0.2) is 4.98 Å². The maximum Gasteiger partial charge on any atom is 0.225 e. The van der Waals surface area contributed by atoms with Gasteiger partial charge in [-0.05, 0) is 25.0 Å². The van der Waals surface area contributed by atoms with Crippen LogP contribution in [0.25, 0.3) is 11.3 Å². The number of ether oxygens (including phenoxy) is 1. The molecule has 0 unspecified atom stereocenters. The molecular formula is C23H26N4O. The summed E-state index contributed by atoms with van der Waals surface area (Å²) in [5, 5.41) is 6.95. The molecule has 4 rings (SSSR count). The Hall–Kier alpha value is -3.08. The zero-order valence-electron chi connectivity index (χ0n) is 16.2. The minimum Gasteiger partial charge on any atom is -0.495 e. The molecule has 0 aliphatic heterocycles. The summed E-state index contributed by atoms with van der Waals surface area (Å²) < 4.78 is 5.46. The minimum atomic E-state index is 0.443. The largest absolute Gasteiger partial charge is 0.495 e. The highest BCUT2D eigenvalue weighted by atomic mass is 16.5. The van der Waals surface area contributed by atoms with Gasteiger partial charge in [0.2, 0.25) is 5.95 Å². The molecule has 0 bridgehead atoms. The van der Waals surface area contributed by atoms with Gasteiger partial charge in [0.25, 0.3) is 0 Å². The molecule has 1 aromatic heterocycles. The lowest BCUT2D eigenvalue weighted by Crippen LogP contribution is -2.23. The van der Waals surface area contributed by atoms with Gasteiger partial charge in [0.1, 0.15) is 11.6 Å². The van der Waals surface area contributed by atoms with Crippen molar-refractivity contribution >= 4 is 17.5 Å². The van der Waals surface area contributed by atoms with E-state index in [0.29, 0.717) is 12.0 Å². The van der Waals surface area contributed by atoms with Crippen molar-refractivity contribution in [1.29, 1.82) is 0 Å². The Labute approximate surface area is 166 Å². The number of anilines is 3. The van der Waals surface area contributed by atoms with Crippen molar-refractivity contribution in [3.63, 3.8) is 0 Å². The fourth-order valence-electron chi connectivity index (χ4n) is 3.65. The van der Waals surface area contributed by atoms with Crippen molar-refractivity contribution in [2.24, 2.45) is 0 Å². The van der Waals surface area contributed by atoms with E-state index >= 15 is 0 Å². The number of aromatic nitrogens is 2. The molecule has 5 heteroatoms. The summed E-state index contributed by atoms with van der Waals surface area (Å²) >= 11 is 0. The number of methoxy groups -OCH3 is 1. The maximum absolute atomic E-state index is 5.46. The van der Waals surface area contributed by atoms with Gasteiger partial charge >= 0.3 is 0 Å². The van der Waals surface area contributed by atoms with Gasteiger partial charge in [-0.15, -0.1) is 0 Å². The van der Waals surface area contributed by atoms with Gasteiger partial charge in [-0.1, -0.05) is 61.7 Å². The van der Waals surface area contributed by atoms with Crippen molar-refractivity contribution in [2.45, 2.75) is 38.1 Å². The molecule has 0 radical (unpaired) electrons. The predicted octanol–water partition coefficient (Wildman–Crippen LogP) is 5.64. The molecule has 3 aromatic rings. The Morgan fingerprint density at radius 2 is 1.64 bits per heavy atom. The third-order valence-corrected chi connectivity index (χ3v) is 5.10. The number of nitrogens with one attached hydrogen (secondary N) is 2. The molecule has 144 valence electrons. The van der Waals surface area contributed by atoms with E-state index in [2.05, 4.69) is 22.8 Å². The lowest BCUT2D eigenvalue weighted by Gasteiger charge is -2.23. The number of nitrogens with zero attached hydrogens (tertiary/aromatic N) is 2. The topological polar surface area (TPSA) is 59.1 Å². The first-order valence-corrected chi connectivity index (χ1v) is 9.93. The van der Waals surface area contributed by atoms with Crippen molar-refractivity contribution in [1.82, 2.24) is 9.97 Å². The molecule has 1 heterocycles. The molecular weight excluding hydrogens is 348 g/mol. The Morgan fingerprint density at radius 1 is 0.893 bits per heavy atom. The fourth-order valence-corrected chi connectivity index (χ4v) is 3.65. The van der Waals surface area contributed by atoms with Crippen molar-refractivity contribution in [3.05, 3.63) is 60.7 Å². The number of rotatable bonds is 6. The molecule has 0 spiro atoms. The Kier molecular flexibility index (Phi) is 5.71. The SMILES string of the molecule is COc1ccccc1Nc1cc(-c2ccccc2)nc(NC2CCCCC2)n1. The second-order valence-electron chi connectivity index (χ2n) is 7.13. The molecule has 1 saturated carbocycles. The van der Waals surface area contributed by atoms with E-state index in [-0.39, 0.29) is 0 Å². The van der Waals surface area contributed by atoms with Crippen LogP contribution in [0.4, 0.5) is 17.5 Å². The van der Waals surface area contributed by atoms with Crippen LogP contribution in [0.15, 0.2) is 60.7 Å². The van der Waals surface area contributed by atoms with E-state index < -0.39 is 0 Å². The molecule has 1 fully saturated rings. The van der Waals surface area contributed by atoms with E-state index in [1.165, 1.54) is 32.1 Å². The van der Waals surface area contributed by atoms with E-state index in [1.807, 2.05) is 48.5 Å². The molecule has 0 amide bonds. The number of benzene rings is 2. The van der Waals surface area contributed by atoms with Gasteiger partial charge in [0.15, 0.2) is 0 Å². The average molecular weight is 374 g/mol. The van der Waals surface area contributed by atoms with Crippen LogP contribution in [-0.4, -0.2) is 23.1 Å². The van der Waals surface area contributed by atoms with E-state index in [4.69, 9.17) is 14.7 Å². The van der Waals surface area contributed by atoms with Crippen LogP contribution in [0, 0.1) is 0 Å². The van der Waals surface area contributed by atoms with E-state index in [1.54, 1.807) is 7.11 Å². The zero-order chi connectivity index (χ0) is 19.2. The summed E-state index contributed by atoms with van der Waals surface area (Å²) in [6.07, 6.45) is 6.21. The van der Waals surface area contributed by atoms with Crippen molar-refractivity contribution in [2.75, 3.05) is 17.7 Å². The molecule has 0 atom stereocenters. The predicted molar refractivity (Wildman–Crippen MR) is 114 cm³/mol. The zero-order valence-corrected chi connectivity index (χ0v) is 16.2. The maximum atomic E-state index is 5.46. The highest BCUT2D eigenvalue weighted by molar-refractivity contribution is 5.69. The quantitative estimate of drug-likeness (QED) is 0.585. The standard InChI is InChI=1S/C23H26N4O/c1-28-21-15-9-8-14-19(21)25-22-16-20(17-10-4-2-5-11-17)26-23(27-22)24-18-12-6-3-7-13-18/h2,4-5,8-11,14-16,18H,3,6-7,12-13H2,1H3,(H2,24,25,26,27). The Bertz CT molecular complexity index is 907. The molecule has 1 aliphatic carbocycles. The summed E-state index contributed by atoms with van der Waals surface area (Å²) in [5.74, 6) is 2.20. The molecule has 2 N–H and O–H groups in total.